The Hall–Kier alpha value is -1.44. The molecule has 0 aromatic heterocycles. The molecule has 2 heteroatoms. The van der Waals surface area contributed by atoms with Crippen molar-refractivity contribution >= 4 is 6.08 Å². The highest BCUT2D eigenvalue weighted by Gasteiger charge is 2.23. The Kier molecular flexibility index (Phi) is 3.65. The van der Waals surface area contributed by atoms with Crippen LogP contribution in [0.15, 0.2) is 12.1 Å². The van der Waals surface area contributed by atoms with Crippen molar-refractivity contribution < 1.29 is 9.47 Å². The molecule has 0 fully saturated rings. The Morgan fingerprint density at radius 3 is 2.50 bits per heavy atom. The maximum atomic E-state index is 5.58. The summed E-state index contributed by atoms with van der Waals surface area (Å²) in [6.07, 6.45) is 5.55. The van der Waals surface area contributed by atoms with Crippen molar-refractivity contribution in [2.45, 2.75) is 33.1 Å². The standard InChI is InChI=1S/C16H22O2/c1-10(2)15-13-8-11(3)6-7-12(13)9-14(17-4)16(15)18-5/h6-7,9-11H,8H2,1-5H3/t11-/m0/s1. The van der Waals surface area contributed by atoms with Gasteiger partial charge in [-0.25, -0.2) is 0 Å². The summed E-state index contributed by atoms with van der Waals surface area (Å²) >= 11 is 0. The largest absolute Gasteiger partial charge is 0.493 e. The Balaban J connectivity index is 2.69. The van der Waals surface area contributed by atoms with Crippen LogP contribution in [0.1, 0.15) is 43.4 Å². The fourth-order valence-corrected chi connectivity index (χ4v) is 2.73. The molecule has 0 saturated carbocycles. The molecule has 2 rings (SSSR count). The number of benzene rings is 1. The monoisotopic (exact) mass is 246 g/mol. The number of hydrogen-bond donors (Lipinski definition) is 0. The molecule has 1 aliphatic rings. The lowest BCUT2D eigenvalue weighted by molar-refractivity contribution is 0.349. The molecule has 0 amide bonds. The van der Waals surface area contributed by atoms with Crippen molar-refractivity contribution in [1.29, 1.82) is 0 Å². The van der Waals surface area contributed by atoms with E-state index in [1.807, 2.05) is 0 Å². The fourth-order valence-electron chi connectivity index (χ4n) is 2.73. The first-order valence-electron chi connectivity index (χ1n) is 6.54. The van der Waals surface area contributed by atoms with Gasteiger partial charge in [0.1, 0.15) is 0 Å². The maximum absolute atomic E-state index is 5.58. The van der Waals surface area contributed by atoms with Gasteiger partial charge in [-0.15, -0.1) is 0 Å². The number of fused-ring (bicyclic) bond motifs is 1. The molecule has 1 atom stereocenters. The van der Waals surface area contributed by atoms with E-state index in [1.165, 1.54) is 16.7 Å². The van der Waals surface area contributed by atoms with Crippen LogP contribution >= 0.6 is 0 Å². The van der Waals surface area contributed by atoms with Crippen LogP contribution in [-0.4, -0.2) is 14.2 Å². The maximum Gasteiger partial charge on any atom is 0.164 e. The fraction of sp³-hybridized carbons (Fsp3) is 0.500. The zero-order chi connectivity index (χ0) is 13.3. The molecule has 1 aromatic rings. The van der Waals surface area contributed by atoms with Crippen molar-refractivity contribution in [3.63, 3.8) is 0 Å². The molecule has 0 aliphatic heterocycles. The van der Waals surface area contributed by atoms with Crippen molar-refractivity contribution in [2.75, 3.05) is 14.2 Å². The predicted octanol–water partition coefficient (Wildman–Crippen LogP) is 4.03. The Bertz CT molecular complexity index is 472. The van der Waals surface area contributed by atoms with Gasteiger partial charge in [0.25, 0.3) is 0 Å². The summed E-state index contributed by atoms with van der Waals surface area (Å²) in [4.78, 5) is 0. The third-order valence-corrected chi connectivity index (χ3v) is 3.56. The molecule has 1 aliphatic carbocycles. The molecule has 0 saturated heterocycles. The zero-order valence-electron chi connectivity index (χ0n) is 11.9. The van der Waals surface area contributed by atoms with Gasteiger partial charge in [-0.2, -0.15) is 0 Å². The van der Waals surface area contributed by atoms with E-state index in [2.05, 4.69) is 39.0 Å². The highest BCUT2D eigenvalue weighted by Crippen LogP contribution is 2.42. The Morgan fingerprint density at radius 2 is 1.94 bits per heavy atom. The molecule has 0 N–H and O–H groups in total. The Labute approximate surface area is 110 Å². The van der Waals surface area contributed by atoms with Gasteiger partial charge >= 0.3 is 0 Å². The number of allylic oxidation sites excluding steroid dienone is 1. The number of hydrogen-bond acceptors (Lipinski definition) is 2. The van der Waals surface area contributed by atoms with Gasteiger partial charge in [-0.1, -0.05) is 32.9 Å². The summed E-state index contributed by atoms with van der Waals surface area (Å²) in [6, 6.07) is 2.09. The molecule has 2 nitrogen and oxygen atoms in total. The summed E-state index contributed by atoms with van der Waals surface area (Å²) < 4.78 is 11.0. The van der Waals surface area contributed by atoms with Crippen LogP contribution < -0.4 is 9.47 Å². The average molecular weight is 246 g/mol. The zero-order valence-corrected chi connectivity index (χ0v) is 11.9. The van der Waals surface area contributed by atoms with E-state index in [0.29, 0.717) is 11.8 Å². The second-order valence-corrected chi connectivity index (χ2v) is 5.29. The molecular formula is C16H22O2. The van der Waals surface area contributed by atoms with Gasteiger partial charge in [-0.3, -0.25) is 0 Å². The second-order valence-electron chi connectivity index (χ2n) is 5.29. The summed E-state index contributed by atoms with van der Waals surface area (Å²) in [5.74, 6) is 2.75. The molecular weight excluding hydrogens is 224 g/mol. The molecule has 18 heavy (non-hydrogen) atoms. The first-order valence-corrected chi connectivity index (χ1v) is 6.54. The topological polar surface area (TPSA) is 18.5 Å². The van der Waals surface area contributed by atoms with Gasteiger partial charge in [0, 0.05) is 5.56 Å². The highest BCUT2D eigenvalue weighted by molar-refractivity contribution is 5.66. The third kappa shape index (κ3) is 2.12. The van der Waals surface area contributed by atoms with E-state index in [0.717, 1.165) is 17.9 Å². The smallest absolute Gasteiger partial charge is 0.164 e. The second kappa shape index (κ2) is 5.05. The van der Waals surface area contributed by atoms with Crippen LogP contribution in [0.5, 0.6) is 11.5 Å². The third-order valence-electron chi connectivity index (χ3n) is 3.56. The van der Waals surface area contributed by atoms with Gasteiger partial charge in [0.15, 0.2) is 11.5 Å². The number of rotatable bonds is 3. The minimum absolute atomic E-state index is 0.433. The van der Waals surface area contributed by atoms with E-state index in [1.54, 1.807) is 14.2 Å². The number of ether oxygens (including phenoxy) is 2. The lowest BCUT2D eigenvalue weighted by atomic mass is 9.83. The lowest BCUT2D eigenvalue weighted by Crippen LogP contribution is -2.10. The van der Waals surface area contributed by atoms with E-state index >= 15 is 0 Å². The average Bonchev–Trinajstić information content (AvgIpc) is 2.35. The first kappa shape index (κ1) is 13.0. The summed E-state index contributed by atoms with van der Waals surface area (Å²) in [5.41, 5.74) is 3.98. The van der Waals surface area contributed by atoms with Gasteiger partial charge < -0.3 is 9.47 Å². The molecule has 0 heterocycles. The van der Waals surface area contributed by atoms with E-state index in [4.69, 9.17) is 9.47 Å². The molecule has 98 valence electrons. The molecule has 0 radical (unpaired) electrons. The van der Waals surface area contributed by atoms with Crippen molar-refractivity contribution in [1.82, 2.24) is 0 Å². The number of methoxy groups -OCH3 is 2. The van der Waals surface area contributed by atoms with Crippen molar-refractivity contribution in [3.8, 4) is 11.5 Å². The highest BCUT2D eigenvalue weighted by atomic mass is 16.5. The van der Waals surface area contributed by atoms with Gasteiger partial charge in [0.05, 0.1) is 14.2 Å². The summed E-state index contributed by atoms with van der Waals surface area (Å²) in [6.45, 7) is 6.67. The molecule has 0 bridgehead atoms. The van der Waals surface area contributed by atoms with Crippen LogP contribution in [0.2, 0.25) is 0 Å². The summed E-state index contributed by atoms with van der Waals surface area (Å²) in [7, 11) is 3.42. The van der Waals surface area contributed by atoms with E-state index in [-0.39, 0.29) is 0 Å². The predicted molar refractivity (Wildman–Crippen MR) is 75.5 cm³/mol. The SMILES string of the molecule is COc1cc2c(c(C(C)C)c1OC)C[C@@H](C)C=C2. The van der Waals surface area contributed by atoms with Gasteiger partial charge in [0.2, 0.25) is 0 Å². The van der Waals surface area contributed by atoms with Crippen LogP contribution in [0.4, 0.5) is 0 Å². The van der Waals surface area contributed by atoms with Crippen molar-refractivity contribution in [2.24, 2.45) is 5.92 Å². The quantitative estimate of drug-likeness (QED) is 0.801. The van der Waals surface area contributed by atoms with E-state index in [9.17, 15) is 0 Å². The normalized spacial score (nSPS) is 17.8. The van der Waals surface area contributed by atoms with Crippen LogP contribution in [0, 0.1) is 5.92 Å². The molecule has 0 spiro atoms. The van der Waals surface area contributed by atoms with Crippen LogP contribution in [0.25, 0.3) is 6.08 Å². The summed E-state index contributed by atoms with van der Waals surface area (Å²) in [5, 5.41) is 0. The van der Waals surface area contributed by atoms with Crippen LogP contribution in [-0.2, 0) is 6.42 Å². The molecule has 1 aromatic carbocycles. The first-order chi connectivity index (χ1) is 8.58. The van der Waals surface area contributed by atoms with Crippen molar-refractivity contribution in [3.05, 3.63) is 28.8 Å². The minimum Gasteiger partial charge on any atom is -0.493 e. The van der Waals surface area contributed by atoms with E-state index < -0.39 is 0 Å². The minimum atomic E-state index is 0.433. The lowest BCUT2D eigenvalue weighted by Gasteiger charge is -2.25. The Morgan fingerprint density at radius 1 is 1.22 bits per heavy atom. The molecule has 0 unspecified atom stereocenters. The van der Waals surface area contributed by atoms with Crippen LogP contribution in [0.3, 0.4) is 0 Å². The van der Waals surface area contributed by atoms with Gasteiger partial charge in [-0.05, 0) is 35.4 Å².